The van der Waals surface area contributed by atoms with Crippen molar-refractivity contribution in [3.05, 3.63) is 75.8 Å². The Balaban J connectivity index is 2.12. The number of imide groups is 1. The quantitative estimate of drug-likeness (QED) is 0.189. The van der Waals surface area contributed by atoms with Crippen molar-refractivity contribution in [2.75, 3.05) is 6.54 Å². The number of amides is 3. The van der Waals surface area contributed by atoms with Crippen LogP contribution in [0.4, 0.5) is 5.69 Å². The maximum absolute atomic E-state index is 13.3. The largest absolute Gasteiger partial charge is 0.343 e. The minimum absolute atomic E-state index is 0.0413. The second-order valence-corrected chi connectivity index (χ2v) is 10.2. The van der Waals surface area contributed by atoms with Gasteiger partial charge in [-0.3, -0.25) is 29.8 Å². The van der Waals surface area contributed by atoms with Crippen molar-refractivity contribution < 1.29 is 19.3 Å². The van der Waals surface area contributed by atoms with Crippen LogP contribution in [0.25, 0.3) is 0 Å². The summed E-state index contributed by atoms with van der Waals surface area (Å²) in [5, 5.41) is 19.4. The number of benzene rings is 2. The standard InChI is InChI=1S/C29H41N5O5/c1-4-5-11-24(30)27(35)32-26(19-22-12-14-23(15-13-22)34(38)39)29(37)33-28(36)25(18-20(2)3)31-17-16-21-9-7-6-8-10-21/h6-10,12-15,20,24-26,31H,4-5,11,16-19,30H2,1-3H3,(H,32,35)(H,33,36,37)/t24-,25-,26-/m0/s1. The van der Waals surface area contributed by atoms with Crippen molar-refractivity contribution in [3.63, 3.8) is 0 Å². The molecule has 0 heterocycles. The normalized spacial score (nSPS) is 13.4. The zero-order valence-electron chi connectivity index (χ0n) is 23.0. The van der Waals surface area contributed by atoms with Crippen LogP contribution < -0.4 is 21.7 Å². The van der Waals surface area contributed by atoms with Gasteiger partial charge in [0.15, 0.2) is 0 Å². The van der Waals surface area contributed by atoms with Crippen molar-refractivity contribution in [1.82, 2.24) is 16.0 Å². The average Bonchev–Trinajstić information content (AvgIpc) is 2.91. The van der Waals surface area contributed by atoms with Crippen LogP contribution in [0, 0.1) is 16.0 Å². The van der Waals surface area contributed by atoms with E-state index in [2.05, 4.69) is 16.0 Å². The lowest BCUT2D eigenvalue weighted by Gasteiger charge is -2.23. The first-order chi connectivity index (χ1) is 18.6. The summed E-state index contributed by atoms with van der Waals surface area (Å²) in [6, 6.07) is 13.1. The Hall–Kier alpha value is -3.63. The van der Waals surface area contributed by atoms with Gasteiger partial charge in [-0.25, -0.2) is 0 Å². The number of hydrogen-bond donors (Lipinski definition) is 4. The number of rotatable bonds is 16. The first-order valence-corrected chi connectivity index (χ1v) is 13.5. The molecule has 2 aromatic rings. The first kappa shape index (κ1) is 31.6. The summed E-state index contributed by atoms with van der Waals surface area (Å²) in [5.74, 6) is -1.42. The van der Waals surface area contributed by atoms with E-state index < -0.39 is 40.8 Å². The molecule has 3 amide bonds. The fourth-order valence-corrected chi connectivity index (χ4v) is 4.12. The first-order valence-electron chi connectivity index (χ1n) is 13.5. The summed E-state index contributed by atoms with van der Waals surface area (Å²) >= 11 is 0. The van der Waals surface area contributed by atoms with Crippen molar-refractivity contribution in [1.29, 1.82) is 0 Å². The molecule has 0 aliphatic rings. The molecular weight excluding hydrogens is 498 g/mol. The van der Waals surface area contributed by atoms with Gasteiger partial charge in [0.05, 0.1) is 17.0 Å². The number of nitro groups is 1. The van der Waals surface area contributed by atoms with Crippen LogP contribution >= 0.6 is 0 Å². The number of nitro benzene ring substituents is 1. The van der Waals surface area contributed by atoms with E-state index in [9.17, 15) is 24.5 Å². The van der Waals surface area contributed by atoms with E-state index in [1.54, 1.807) is 0 Å². The fourth-order valence-electron chi connectivity index (χ4n) is 4.12. The zero-order valence-corrected chi connectivity index (χ0v) is 23.0. The second-order valence-electron chi connectivity index (χ2n) is 10.2. The van der Waals surface area contributed by atoms with E-state index in [0.717, 1.165) is 24.8 Å². The molecule has 0 fully saturated rings. The van der Waals surface area contributed by atoms with Crippen LogP contribution in [-0.2, 0) is 27.2 Å². The lowest BCUT2D eigenvalue weighted by atomic mass is 10.0. The highest BCUT2D eigenvalue weighted by atomic mass is 16.6. The number of nitrogens with one attached hydrogen (secondary N) is 3. The molecule has 0 unspecified atom stereocenters. The third kappa shape index (κ3) is 11.3. The van der Waals surface area contributed by atoms with Crippen molar-refractivity contribution >= 4 is 23.4 Å². The van der Waals surface area contributed by atoms with Crippen LogP contribution in [0.15, 0.2) is 54.6 Å². The van der Waals surface area contributed by atoms with Crippen molar-refractivity contribution in [2.45, 2.75) is 77.4 Å². The fraction of sp³-hybridized carbons (Fsp3) is 0.483. The second kappa shape index (κ2) is 16.4. The molecule has 0 saturated carbocycles. The van der Waals surface area contributed by atoms with Crippen LogP contribution in [-0.4, -0.2) is 47.3 Å². The Kier molecular flexibility index (Phi) is 13.2. The summed E-state index contributed by atoms with van der Waals surface area (Å²) in [6.07, 6.45) is 3.39. The van der Waals surface area contributed by atoms with Crippen molar-refractivity contribution in [2.24, 2.45) is 11.7 Å². The van der Waals surface area contributed by atoms with Crippen LogP contribution in [0.2, 0.25) is 0 Å². The molecular formula is C29H41N5O5. The number of nitrogens with two attached hydrogens (primary N) is 1. The summed E-state index contributed by atoms with van der Waals surface area (Å²) in [4.78, 5) is 49.6. The Labute approximate surface area is 230 Å². The average molecular weight is 540 g/mol. The van der Waals surface area contributed by atoms with Gasteiger partial charge in [-0.1, -0.05) is 76.1 Å². The number of carbonyl (C=O) groups is 3. The third-order valence-corrected chi connectivity index (χ3v) is 6.34. The van der Waals surface area contributed by atoms with Gasteiger partial charge < -0.3 is 16.4 Å². The molecule has 0 spiro atoms. The Morgan fingerprint density at radius 2 is 1.56 bits per heavy atom. The minimum Gasteiger partial charge on any atom is -0.343 e. The molecule has 10 heteroatoms. The summed E-state index contributed by atoms with van der Waals surface area (Å²) < 4.78 is 0. The lowest BCUT2D eigenvalue weighted by Crippen LogP contribution is -2.56. The highest BCUT2D eigenvalue weighted by molar-refractivity contribution is 6.01. The molecule has 0 saturated heterocycles. The molecule has 0 bridgehead atoms. The minimum atomic E-state index is -1.08. The molecule has 212 valence electrons. The molecule has 0 radical (unpaired) electrons. The van der Waals surface area contributed by atoms with Crippen LogP contribution in [0.3, 0.4) is 0 Å². The molecule has 39 heavy (non-hydrogen) atoms. The molecule has 0 aliphatic carbocycles. The van der Waals surface area contributed by atoms with Gasteiger partial charge in [-0.2, -0.15) is 0 Å². The van der Waals surface area contributed by atoms with E-state index >= 15 is 0 Å². The molecule has 0 aromatic heterocycles. The number of unbranched alkanes of at least 4 members (excludes halogenated alkanes) is 1. The summed E-state index contributed by atoms with van der Waals surface area (Å²) in [5.41, 5.74) is 7.65. The highest BCUT2D eigenvalue weighted by Gasteiger charge is 2.28. The number of hydrogen-bond acceptors (Lipinski definition) is 7. The van der Waals surface area contributed by atoms with E-state index in [1.807, 2.05) is 51.1 Å². The van der Waals surface area contributed by atoms with Gasteiger partial charge in [-0.05, 0) is 42.9 Å². The molecule has 0 aliphatic heterocycles. The Bertz CT molecular complexity index is 1080. The molecule has 2 aromatic carbocycles. The van der Waals surface area contributed by atoms with E-state index in [-0.39, 0.29) is 18.0 Å². The van der Waals surface area contributed by atoms with Gasteiger partial charge >= 0.3 is 0 Å². The van der Waals surface area contributed by atoms with Gasteiger partial charge in [0, 0.05) is 18.6 Å². The number of carbonyl (C=O) groups excluding carboxylic acids is 3. The summed E-state index contributed by atoms with van der Waals surface area (Å²) in [6.45, 7) is 6.54. The van der Waals surface area contributed by atoms with Gasteiger partial charge in [0.1, 0.15) is 6.04 Å². The molecule has 3 atom stereocenters. The van der Waals surface area contributed by atoms with E-state index in [4.69, 9.17) is 5.73 Å². The van der Waals surface area contributed by atoms with E-state index in [0.29, 0.717) is 24.9 Å². The Morgan fingerprint density at radius 1 is 0.923 bits per heavy atom. The monoisotopic (exact) mass is 539 g/mol. The van der Waals surface area contributed by atoms with Crippen LogP contribution in [0.1, 0.15) is 57.6 Å². The molecule has 2 rings (SSSR count). The third-order valence-electron chi connectivity index (χ3n) is 6.34. The van der Waals surface area contributed by atoms with Gasteiger partial charge in [-0.15, -0.1) is 0 Å². The maximum atomic E-state index is 13.3. The van der Waals surface area contributed by atoms with Gasteiger partial charge in [0.2, 0.25) is 17.7 Å². The van der Waals surface area contributed by atoms with E-state index in [1.165, 1.54) is 24.3 Å². The predicted octanol–water partition coefficient (Wildman–Crippen LogP) is 3.03. The maximum Gasteiger partial charge on any atom is 0.269 e. The predicted molar refractivity (Wildman–Crippen MR) is 151 cm³/mol. The van der Waals surface area contributed by atoms with Crippen molar-refractivity contribution in [3.8, 4) is 0 Å². The Morgan fingerprint density at radius 3 is 2.15 bits per heavy atom. The smallest absolute Gasteiger partial charge is 0.269 e. The molecule has 10 nitrogen and oxygen atoms in total. The highest BCUT2D eigenvalue weighted by Crippen LogP contribution is 2.14. The topological polar surface area (TPSA) is 156 Å². The zero-order chi connectivity index (χ0) is 28.8. The van der Waals surface area contributed by atoms with Crippen LogP contribution in [0.5, 0.6) is 0 Å². The lowest BCUT2D eigenvalue weighted by molar-refractivity contribution is -0.384. The summed E-state index contributed by atoms with van der Waals surface area (Å²) in [7, 11) is 0. The van der Waals surface area contributed by atoms with Gasteiger partial charge in [0.25, 0.3) is 5.69 Å². The number of nitrogens with zero attached hydrogens (tertiary/aromatic N) is 1. The molecule has 5 N–H and O–H groups in total. The SMILES string of the molecule is CCCC[C@H](N)C(=O)N[C@@H](Cc1ccc([N+](=O)[O-])cc1)C(=O)NC(=O)[C@H](CC(C)C)NCCc1ccccc1. The number of non-ortho nitro benzene ring substituents is 1.